The Labute approximate surface area is 89.5 Å². The fourth-order valence-corrected chi connectivity index (χ4v) is 2.77. The van der Waals surface area contributed by atoms with Crippen molar-refractivity contribution in [1.29, 1.82) is 0 Å². The average molecular weight is 197 g/mol. The molecule has 1 rings (SSSR count). The van der Waals surface area contributed by atoms with Crippen LogP contribution >= 0.6 is 0 Å². The van der Waals surface area contributed by atoms with Gasteiger partial charge in [-0.15, -0.1) is 0 Å². The number of nitrogens with two attached hydrogens (primary N) is 1. The number of hydrogen-bond donors (Lipinski definition) is 1. The molecular formula is C13H27N. The van der Waals surface area contributed by atoms with Crippen LogP contribution in [0.3, 0.4) is 0 Å². The summed E-state index contributed by atoms with van der Waals surface area (Å²) in [7, 11) is 0. The highest BCUT2D eigenvalue weighted by atomic mass is 14.7. The van der Waals surface area contributed by atoms with Crippen LogP contribution in [0.15, 0.2) is 0 Å². The molecular weight excluding hydrogens is 170 g/mol. The maximum absolute atomic E-state index is 6.48. The second kappa shape index (κ2) is 4.22. The number of hydrogen-bond acceptors (Lipinski definition) is 1. The maximum atomic E-state index is 6.48. The van der Waals surface area contributed by atoms with Gasteiger partial charge in [0.15, 0.2) is 0 Å². The van der Waals surface area contributed by atoms with E-state index < -0.39 is 0 Å². The van der Waals surface area contributed by atoms with Crippen molar-refractivity contribution in [2.75, 3.05) is 0 Å². The smallest absolute Gasteiger partial charge is 0.0157 e. The lowest BCUT2D eigenvalue weighted by Gasteiger charge is -2.30. The summed E-state index contributed by atoms with van der Waals surface area (Å²) >= 11 is 0. The Balaban J connectivity index is 2.55. The average Bonchev–Trinajstić information content (AvgIpc) is 2.10. The summed E-state index contributed by atoms with van der Waals surface area (Å²) in [6.07, 6.45) is 7.62. The van der Waals surface area contributed by atoms with Gasteiger partial charge in [-0.1, -0.05) is 34.1 Å². The van der Waals surface area contributed by atoms with Gasteiger partial charge >= 0.3 is 0 Å². The normalized spacial score (nSPS) is 33.0. The van der Waals surface area contributed by atoms with E-state index in [4.69, 9.17) is 5.73 Å². The molecule has 0 radical (unpaired) electrons. The van der Waals surface area contributed by atoms with Gasteiger partial charge in [0.05, 0.1) is 0 Å². The van der Waals surface area contributed by atoms with Crippen molar-refractivity contribution in [2.24, 2.45) is 17.1 Å². The van der Waals surface area contributed by atoms with E-state index >= 15 is 0 Å². The summed E-state index contributed by atoms with van der Waals surface area (Å²) in [6.45, 7) is 9.33. The Morgan fingerprint density at radius 3 is 2.29 bits per heavy atom. The fourth-order valence-electron chi connectivity index (χ4n) is 2.77. The van der Waals surface area contributed by atoms with Gasteiger partial charge < -0.3 is 5.73 Å². The van der Waals surface area contributed by atoms with E-state index in [9.17, 15) is 0 Å². The molecule has 0 saturated heterocycles. The lowest BCUT2D eigenvalue weighted by atomic mass is 9.81. The van der Waals surface area contributed by atoms with Crippen LogP contribution in [0.5, 0.6) is 0 Å². The van der Waals surface area contributed by atoms with Gasteiger partial charge in [-0.05, 0) is 43.4 Å². The van der Waals surface area contributed by atoms with Crippen LogP contribution in [0.1, 0.15) is 66.2 Å². The highest BCUT2D eigenvalue weighted by molar-refractivity contribution is 4.90. The molecule has 0 aromatic rings. The van der Waals surface area contributed by atoms with Gasteiger partial charge in [0.1, 0.15) is 0 Å². The van der Waals surface area contributed by atoms with Crippen molar-refractivity contribution in [2.45, 2.75) is 71.8 Å². The van der Waals surface area contributed by atoms with E-state index in [0.29, 0.717) is 5.41 Å². The molecule has 1 fully saturated rings. The Kier molecular flexibility index (Phi) is 3.63. The Morgan fingerprint density at radius 2 is 1.71 bits per heavy atom. The van der Waals surface area contributed by atoms with Gasteiger partial charge in [-0.3, -0.25) is 0 Å². The summed E-state index contributed by atoms with van der Waals surface area (Å²) in [5, 5.41) is 0. The van der Waals surface area contributed by atoms with Crippen LogP contribution in [0.25, 0.3) is 0 Å². The Hall–Kier alpha value is -0.0400. The van der Waals surface area contributed by atoms with Gasteiger partial charge in [0, 0.05) is 5.54 Å². The standard InChI is InChI=1S/C13H27N/c1-11(2)10-13(14)7-5-6-12(3,4)8-9-13/h11H,5-10,14H2,1-4H3. The van der Waals surface area contributed by atoms with Crippen molar-refractivity contribution < 1.29 is 0 Å². The largest absolute Gasteiger partial charge is 0.325 e. The summed E-state index contributed by atoms with van der Waals surface area (Å²) in [5.74, 6) is 0.737. The summed E-state index contributed by atoms with van der Waals surface area (Å²) in [4.78, 5) is 0. The first kappa shape index (κ1) is 12.0. The molecule has 0 aliphatic heterocycles. The molecule has 0 aromatic carbocycles. The third-order valence-electron chi connectivity index (χ3n) is 3.64. The third-order valence-corrected chi connectivity index (χ3v) is 3.64. The highest BCUT2D eigenvalue weighted by Crippen LogP contribution is 2.39. The maximum Gasteiger partial charge on any atom is 0.0157 e. The SMILES string of the molecule is CC(C)CC1(N)CCCC(C)(C)CC1. The minimum absolute atomic E-state index is 0.141. The molecule has 14 heavy (non-hydrogen) atoms. The van der Waals surface area contributed by atoms with Crippen LogP contribution in [-0.4, -0.2) is 5.54 Å². The van der Waals surface area contributed by atoms with E-state index in [2.05, 4.69) is 27.7 Å². The molecule has 1 atom stereocenters. The summed E-state index contributed by atoms with van der Waals surface area (Å²) < 4.78 is 0. The van der Waals surface area contributed by atoms with Crippen molar-refractivity contribution in [1.82, 2.24) is 0 Å². The second-order valence-corrected chi connectivity index (χ2v) is 6.48. The lowest BCUT2D eigenvalue weighted by molar-refractivity contribution is 0.274. The minimum Gasteiger partial charge on any atom is -0.325 e. The van der Waals surface area contributed by atoms with Crippen LogP contribution in [0, 0.1) is 11.3 Å². The van der Waals surface area contributed by atoms with E-state index in [1.807, 2.05) is 0 Å². The molecule has 1 nitrogen and oxygen atoms in total. The van der Waals surface area contributed by atoms with Gasteiger partial charge in [0.25, 0.3) is 0 Å². The molecule has 0 aromatic heterocycles. The molecule has 1 aliphatic carbocycles. The molecule has 1 aliphatic rings. The zero-order valence-corrected chi connectivity index (χ0v) is 10.4. The molecule has 1 heteroatoms. The van der Waals surface area contributed by atoms with E-state index in [-0.39, 0.29) is 5.54 Å². The van der Waals surface area contributed by atoms with Crippen LogP contribution < -0.4 is 5.73 Å². The molecule has 0 heterocycles. The van der Waals surface area contributed by atoms with E-state index in [0.717, 1.165) is 5.92 Å². The molecule has 0 bridgehead atoms. The molecule has 0 amide bonds. The van der Waals surface area contributed by atoms with Crippen molar-refractivity contribution in [3.63, 3.8) is 0 Å². The van der Waals surface area contributed by atoms with Crippen LogP contribution in [0.2, 0.25) is 0 Å². The van der Waals surface area contributed by atoms with Crippen LogP contribution in [0.4, 0.5) is 0 Å². The van der Waals surface area contributed by atoms with E-state index in [1.165, 1.54) is 38.5 Å². The van der Waals surface area contributed by atoms with Gasteiger partial charge in [0.2, 0.25) is 0 Å². The minimum atomic E-state index is 0.141. The van der Waals surface area contributed by atoms with Gasteiger partial charge in [-0.2, -0.15) is 0 Å². The topological polar surface area (TPSA) is 26.0 Å². The molecule has 0 spiro atoms. The number of rotatable bonds is 2. The molecule has 2 N–H and O–H groups in total. The quantitative estimate of drug-likeness (QED) is 0.671. The second-order valence-electron chi connectivity index (χ2n) is 6.48. The zero-order valence-electron chi connectivity index (χ0n) is 10.4. The van der Waals surface area contributed by atoms with Crippen molar-refractivity contribution >= 4 is 0 Å². The first-order valence-electron chi connectivity index (χ1n) is 6.12. The van der Waals surface area contributed by atoms with E-state index in [1.54, 1.807) is 0 Å². The predicted molar refractivity (Wildman–Crippen MR) is 63.2 cm³/mol. The fraction of sp³-hybridized carbons (Fsp3) is 1.00. The molecule has 84 valence electrons. The molecule has 1 saturated carbocycles. The summed E-state index contributed by atoms with van der Waals surface area (Å²) in [6, 6.07) is 0. The zero-order chi connectivity index (χ0) is 10.8. The molecule has 1 unspecified atom stereocenters. The summed E-state index contributed by atoms with van der Waals surface area (Å²) in [5.41, 5.74) is 7.15. The van der Waals surface area contributed by atoms with Gasteiger partial charge in [-0.25, -0.2) is 0 Å². The Morgan fingerprint density at radius 1 is 1.07 bits per heavy atom. The van der Waals surface area contributed by atoms with Crippen molar-refractivity contribution in [3.8, 4) is 0 Å². The highest BCUT2D eigenvalue weighted by Gasteiger charge is 2.32. The monoisotopic (exact) mass is 197 g/mol. The first-order chi connectivity index (χ1) is 6.33. The Bertz CT molecular complexity index is 184. The van der Waals surface area contributed by atoms with Crippen LogP contribution in [-0.2, 0) is 0 Å². The predicted octanol–water partition coefficient (Wildman–Crippen LogP) is 3.72. The lowest BCUT2D eigenvalue weighted by Crippen LogP contribution is -2.40. The van der Waals surface area contributed by atoms with Crippen molar-refractivity contribution in [3.05, 3.63) is 0 Å². The third kappa shape index (κ3) is 3.61. The first-order valence-corrected chi connectivity index (χ1v) is 6.12.